The van der Waals surface area contributed by atoms with Crippen LogP contribution in [-0.4, -0.2) is 57.0 Å². The van der Waals surface area contributed by atoms with Crippen LogP contribution in [0, 0.1) is 0 Å². The summed E-state index contributed by atoms with van der Waals surface area (Å²) < 4.78 is 0.435. The molecule has 3 aromatic rings. The zero-order valence-corrected chi connectivity index (χ0v) is 19.3. The number of nitrogens with one attached hydrogen (secondary N) is 2. The summed E-state index contributed by atoms with van der Waals surface area (Å²) in [6, 6.07) is 10.9. The number of benzene rings is 1. The van der Waals surface area contributed by atoms with Gasteiger partial charge in [0.15, 0.2) is 0 Å². The number of aromatic amines is 1. The lowest BCUT2D eigenvalue weighted by atomic mass is 9.91. The number of nitrogens with zero attached hydrogens (tertiary/aromatic N) is 4. The van der Waals surface area contributed by atoms with Gasteiger partial charge in [-0.1, -0.05) is 12.1 Å². The van der Waals surface area contributed by atoms with Crippen LogP contribution >= 0.6 is 0 Å². The Morgan fingerprint density at radius 2 is 2.12 bits per heavy atom. The lowest BCUT2D eigenvalue weighted by molar-refractivity contribution is -0.838. The number of fused-ring (bicyclic) bond motifs is 2. The van der Waals surface area contributed by atoms with Crippen LogP contribution in [0.2, 0.25) is 0 Å². The molecule has 2 N–H and O–H groups in total. The summed E-state index contributed by atoms with van der Waals surface area (Å²) in [5.41, 5.74) is 5.11. The third-order valence-electron chi connectivity index (χ3n) is 7.58. The minimum absolute atomic E-state index is 0.0501. The molecule has 0 bridgehead atoms. The van der Waals surface area contributed by atoms with E-state index in [1.54, 1.807) is 0 Å². The first-order chi connectivity index (χ1) is 15.5. The number of pyridine rings is 1. The number of imidazole rings is 1. The summed E-state index contributed by atoms with van der Waals surface area (Å²) in [6.45, 7) is 3.75. The number of likely N-dealkylation sites (tertiary alicyclic amines) is 1. The van der Waals surface area contributed by atoms with Crippen LogP contribution in [0.3, 0.4) is 0 Å². The normalized spacial score (nSPS) is 25.2. The Hall–Kier alpha value is -2.77. The van der Waals surface area contributed by atoms with Crippen molar-refractivity contribution in [1.29, 1.82) is 0 Å². The van der Waals surface area contributed by atoms with Crippen LogP contribution < -0.4 is 5.32 Å². The molecular weight excluding hydrogens is 400 g/mol. The second-order valence-corrected chi connectivity index (χ2v) is 9.67. The second kappa shape index (κ2) is 8.30. The molecule has 0 spiro atoms. The maximum Gasteiger partial charge on any atom is 0.421 e. The van der Waals surface area contributed by atoms with E-state index in [0.29, 0.717) is 23.1 Å². The number of carbonyl (C=O) groups is 1. The van der Waals surface area contributed by atoms with Crippen molar-refractivity contribution in [1.82, 2.24) is 19.9 Å². The van der Waals surface area contributed by atoms with Crippen LogP contribution in [0.4, 0.5) is 10.5 Å². The largest absolute Gasteiger partial charge is 0.421 e. The molecule has 32 heavy (non-hydrogen) atoms. The lowest BCUT2D eigenvalue weighted by Crippen LogP contribution is -2.53. The quantitative estimate of drug-likeness (QED) is 0.589. The van der Waals surface area contributed by atoms with E-state index in [2.05, 4.69) is 40.2 Å². The number of hydrogen-bond donors (Lipinski definition) is 2. The summed E-state index contributed by atoms with van der Waals surface area (Å²) in [7, 11) is 4.18. The Morgan fingerprint density at radius 1 is 1.25 bits per heavy atom. The molecule has 5 rings (SSSR count). The van der Waals surface area contributed by atoms with Crippen LogP contribution in [0.25, 0.3) is 11.0 Å². The third kappa shape index (κ3) is 3.69. The van der Waals surface area contributed by atoms with Crippen LogP contribution in [-0.2, 0) is 13.0 Å². The number of carbonyl (C=O) groups excluding carboxylic acids is 1. The highest BCUT2D eigenvalue weighted by atomic mass is 16.2. The second-order valence-electron chi connectivity index (χ2n) is 9.67. The molecule has 7 heteroatoms. The number of urea groups is 1. The minimum atomic E-state index is 0.0501. The van der Waals surface area contributed by atoms with Gasteiger partial charge in [-0.25, -0.2) is 14.3 Å². The number of amides is 2. The summed E-state index contributed by atoms with van der Waals surface area (Å²) in [5, 5.41) is 3.17. The van der Waals surface area contributed by atoms with Crippen LogP contribution in [0.5, 0.6) is 0 Å². The minimum Gasteiger partial charge on any atom is -0.341 e. The number of hydrogen-bond acceptors (Lipinski definition) is 4. The van der Waals surface area contributed by atoms with Gasteiger partial charge in [-0.05, 0) is 57.0 Å². The van der Waals surface area contributed by atoms with Gasteiger partial charge in [0.2, 0.25) is 0 Å². The zero-order valence-electron chi connectivity index (χ0n) is 19.3. The van der Waals surface area contributed by atoms with E-state index in [1.165, 1.54) is 17.7 Å². The van der Waals surface area contributed by atoms with Crippen molar-refractivity contribution >= 4 is 22.8 Å². The van der Waals surface area contributed by atoms with Crippen molar-refractivity contribution in [2.75, 3.05) is 26.0 Å². The topological polar surface area (TPSA) is 73.9 Å². The molecule has 2 aliphatic rings. The van der Waals surface area contributed by atoms with Crippen LogP contribution in [0.15, 0.2) is 36.5 Å². The van der Waals surface area contributed by atoms with E-state index in [9.17, 15) is 4.79 Å². The fraction of sp³-hybridized carbons (Fsp3) is 0.480. The number of aryl methyl sites for hydroxylation is 1. The van der Waals surface area contributed by atoms with Crippen molar-refractivity contribution in [3.63, 3.8) is 0 Å². The maximum absolute atomic E-state index is 13.1. The summed E-state index contributed by atoms with van der Waals surface area (Å²) in [4.78, 5) is 28.5. The first kappa shape index (κ1) is 21.1. The lowest BCUT2D eigenvalue weighted by Gasteiger charge is -2.31. The fourth-order valence-electron chi connectivity index (χ4n) is 5.38. The summed E-state index contributed by atoms with van der Waals surface area (Å²) >= 11 is 0. The van der Waals surface area contributed by atoms with Gasteiger partial charge >= 0.3 is 6.03 Å². The average molecular weight is 434 g/mol. The molecule has 168 valence electrons. The molecular formula is C25H33N6O+. The average Bonchev–Trinajstić information content (AvgIpc) is 3.37. The molecule has 2 amide bonds. The van der Waals surface area contributed by atoms with Gasteiger partial charge in [0, 0.05) is 19.0 Å². The number of rotatable bonds is 4. The van der Waals surface area contributed by atoms with Gasteiger partial charge < -0.3 is 4.98 Å². The Balaban J connectivity index is 1.36. The monoisotopic (exact) mass is 433 g/mol. The Morgan fingerprint density at radius 3 is 2.94 bits per heavy atom. The first-order valence-electron chi connectivity index (χ1n) is 11.7. The number of anilines is 1. The number of aromatic nitrogens is 3. The van der Waals surface area contributed by atoms with Gasteiger partial charge in [-0.15, -0.1) is 0 Å². The van der Waals surface area contributed by atoms with Crippen molar-refractivity contribution in [3.8, 4) is 0 Å². The molecule has 3 atom stereocenters. The van der Waals surface area contributed by atoms with E-state index in [-0.39, 0.29) is 6.03 Å². The summed E-state index contributed by atoms with van der Waals surface area (Å²) in [5.74, 6) is 0.905. The Labute approximate surface area is 189 Å². The molecule has 2 unspecified atom stereocenters. The van der Waals surface area contributed by atoms with Gasteiger partial charge in [0.25, 0.3) is 0 Å². The molecule has 1 aliphatic heterocycles. The fourth-order valence-corrected chi connectivity index (χ4v) is 5.38. The summed E-state index contributed by atoms with van der Waals surface area (Å²) in [6.07, 6.45) is 7.47. The Bertz CT molecular complexity index is 1140. The van der Waals surface area contributed by atoms with E-state index < -0.39 is 0 Å². The van der Waals surface area contributed by atoms with Crippen molar-refractivity contribution in [2.24, 2.45) is 0 Å². The molecule has 2 aromatic heterocycles. The molecule has 1 saturated heterocycles. The molecule has 1 fully saturated rings. The smallest absolute Gasteiger partial charge is 0.341 e. The van der Waals surface area contributed by atoms with Crippen molar-refractivity contribution in [3.05, 3.63) is 53.6 Å². The van der Waals surface area contributed by atoms with Gasteiger partial charge in [-0.3, -0.25) is 15.2 Å². The Kier molecular flexibility index (Phi) is 5.47. The highest BCUT2D eigenvalue weighted by Crippen LogP contribution is 2.33. The predicted octanol–water partition coefficient (Wildman–Crippen LogP) is 4.63. The van der Waals surface area contributed by atoms with E-state index >= 15 is 0 Å². The predicted molar refractivity (Wildman–Crippen MR) is 126 cm³/mol. The molecule has 1 aromatic carbocycles. The standard InChI is InChI=1S/C25H32N6O/c1-17-8-7-15-31(17,3)25(32)28-20-12-5-11-19-24(20)29-22(27-19)16-30(2)21-13-4-9-18-10-6-14-26-23(18)21/h5-6,10-12,14,17,21H,4,7-9,13,15-16H2,1-3H3,(H-,27,28,29,32)/p+1/t17-,21?,31?/m1/s1. The molecule has 0 saturated carbocycles. The van der Waals surface area contributed by atoms with Gasteiger partial charge in [0.05, 0.1) is 49.1 Å². The van der Waals surface area contributed by atoms with Crippen molar-refractivity contribution < 1.29 is 9.28 Å². The van der Waals surface area contributed by atoms with Gasteiger partial charge in [-0.2, -0.15) is 0 Å². The number of H-pyrrole nitrogens is 1. The maximum atomic E-state index is 13.1. The van der Waals surface area contributed by atoms with Crippen molar-refractivity contribution in [2.45, 2.75) is 57.7 Å². The highest BCUT2D eigenvalue weighted by Gasteiger charge is 2.42. The van der Waals surface area contributed by atoms with Crippen LogP contribution in [0.1, 0.15) is 55.7 Å². The molecule has 1 aliphatic carbocycles. The first-order valence-corrected chi connectivity index (χ1v) is 11.7. The molecule has 3 heterocycles. The molecule has 0 radical (unpaired) electrons. The van der Waals surface area contributed by atoms with E-state index in [4.69, 9.17) is 4.98 Å². The van der Waals surface area contributed by atoms with E-state index in [1.807, 2.05) is 37.5 Å². The number of para-hydroxylation sites is 1. The van der Waals surface area contributed by atoms with Gasteiger partial charge in [0.1, 0.15) is 11.3 Å². The number of quaternary nitrogens is 1. The SMILES string of the molecule is C[C@@H]1CCC[N+]1(C)C(=O)Nc1cccc2[nH]c(CN(C)C3CCCc4cccnc43)nc12. The third-order valence-corrected chi connectivity index (χ3v) is 7.58. The molecule has 7 nitrogen and oxygen atoms in total. The highest BCUT2D eigenvalue weighted by molar-refractivity contribution is 5.96. The van der Waals surface area contributed by atoms with E-state index in [0.717, 1.165) is 54.8 Å². The zero-order chi connectivity index (χ0) is 22.3.